The van der Waals surface area contributed by atoms with Gasteiger partial charge in [-0.25, -0.2) is 0 Å². The predicted octanol–water partition coefficient (Wildman–Crippen LogP) is 0.971. The van der Waals surface area contributed by atoms with E-state index in [9.17, 15) is 18.3 Å². The summed E-state index contributed by atoms with van der Waals surface area (Å²) in [6.45, 7) is 6.46. The molecule has 0 aromatic carbocycles. The van der Waals surface area contributed by atoms with Crippen LogP contribution in [0.1, 0.15) is 33.4 Å². The number of halogens is 3. The zero-order chi connectivity index (χ0) is 14.2. The molecule has 8 heteroatoms. The molecule has 0 aliphatic carbocycles. The van der Waals surface area contributed by atoms with Crippen LogP contribution in [0.15, 0.2) is 6.07 Å². The van der Waals surface area contributed by atoms with E-state index in [-0.39, 0.29) is 13.1 Å². The highest BCUT2D eigenvalue weighted by atomic mass is 19.4. The Morgan fingerprint density at radius 2 is 1.83 bits per heavy atom. The standard InChI is InChI=1S/C10H16BF3N2O2/c1-8(2,17)9(3,4)18-11-7-5-6(15-16-7)10(12,13)14/h5,11,17H,1-4H3,(H,15,16). The Morgan fingerprint density at radius 3 is 2.22 bits per heavy atom. The fourth-order valence-electron chi connectivity index (χ4n) is 1.02. The SMILES string of the molecule is CC(C)(O)C(C)(C)OBc1cc(C(F)(F)F)n[nH]1. The topological polar surface area (TPSA) is 58.1 Å². The normalized spacial score (nSPS) is 13.8. The van der Waals surface area contributed by atoms with Crippen molar-refractivity contribution in [1.82, 2.24) is 10.2 Å². The molecule has 0 atom stereocenters. The highest BCUT2D eigenvalue weighted by Crippen LogP contribution is 2.27. The summed E-state index contributed by atoms with van der Waals surface area (Å²) in [6, 6.07) is 0.889. The molecule has 18 heavy (non-hydrogen) atoms. The van der Waals surface area contributed by atoms with Crippen LogP contribution in [-0.2, 0) is 10.8 Å². The maximum Gasteiger partial charge on any atom is 0.435 e. The Labute approximate surface area is 104 Å². The van der Waals surface area contributed by atoms with Gasteiger partial charge in [-0.3, -0.25) is 5.10 Å². The van der Waals surface area contributed by atoms with E-state index in [1.165, 1.54) is 0 Å². The quantitative estimate of drug-likeness (QED) is 0.797. The van der Waals surface area contributed by atoms with E-state index in [0.29, 0.717) is 0 Å². The van der Waals surface area contributed by atoms with Crippen LogP contribution in [0.5, 0.6) is 0 Å². The molecule has 102 valence electrons. The van der Waals surface area contributed by atoms with E-state index >= 15 is 0 Å². The summed E-state index contributed by atoms with van der Waals surface area (Å²) >= 11 is 0. The molecule has 1 aromatic rings. The molecular weight excluding hydrogens is 248 g/mol. The molecule has 1 aromatic heterocycles. The Morgan fingerprint density at radius 1 is 1.28 bits per heavy atom. The van der Waals surface area contributed by atoms with Gasteiger partial charge in [0.15, 0.2) is 5.69 Å². The van der Waals surface area contributed by atoms with E-state index in [4.69, 9.17) is 4.65 Å². The first kappa shape index (κ1) is 15.0. The number of nitrogens with one attached hydrogen (secondary N) is 1. The number of alkyl halides is 3. The van der Waals surface area contributed by atoms with Crippen LogP contribution in [0.25, 0.3) is 0 Å². The molecule has 2 N–H and O–H groups in total. The van der Waals surface area contributed by atoms with Gasteiger partial charge >= 0.3 is 13.7 Å². The lowest BCUT2D eigenvalue weighted by atomic mass is 9.85. The van der Waals surface area contributed by atoms with Crippen LogP contribution in [0, 0.1) is 0 Å². The first-order valence-corrected chi connectivity index (χ1v) is 5.41. The van der Waals surface area contributed by atoms with Gasteiger partial charge in [0.05, 0.1) is 11.2 Å². The van der Waals surface area contributed by atoms with E-state index in [1.807, 2.05) is 0 Å². The Kier molecular flexibility index (Phi) is 3.83. The monoisotopic (exact) mass is 264 g/mol. The van der Waals surface area contributed by atoms with Gasteiger partial charge in [0.1, 0.15) is 0 Å². The molecule has 0 saturated carbocycles. The summed E-state index contributed by atoms with van der Waals surface area (Å²) < 4.78 is 42.3. The summed E-state index contributed by atoms with van der Waals surface area (Å²) in [6.07, 6.45) is -4.47. The smallest absolute Gasteiger partial charge is 0.425 e. The largest absolute Gasteiger partial charge is 0.435 e. The number of aromatic nitrogens is 2. The van der Waals surface area contributed by atoms with Crippen LogP contribution in [0.3, 0.4) is 0 Å². The third kappa shape index (κ3) is 3.49. The average Bonchev–Trinajstić information content (AvgIpc) is 2.60. The van der Waals surface area contributed by atoms with E-state index in [0.717, 1.165) is 6.07 Å². The van der Waals surface area contributed by atoms with Gasteiger partial charge in [-0.05, 0) is 33.8 Å². The van der Waals surface area contributed by atoms with Crippen molar-refractivity contribution in [3.05, 3.63) is 11.8 Å². The maximum atomic E-state index is 12.3. The number of hydrogen-bond donors (Lipinski definition) is 2. The molecule has 0 fully saturated rings. The first-order chi connectivity index (χ1) is 7.93. The lowest BCUT2D eigenvalue weighted by molar-refractivity contribution is -0.141. The van der Waals surface area contributed by atoms with Crippen molar-refractivity contribution in [2.24, 2.45) is 0 Å². The van der Waals surface area contributed by atoms with Crippen molar-refractivity contribution in [3.8, 4) is 0 Å². The number of rotatable bonds is 4. The Hall–Kier alpha value is -1.02. The van der Waals surface area contributed by atoms with Gasteiger partial charge < -0.3 is 9.76 Å². The fourth-order valence-corrected chi connectivity index (χ4v) is 1.02. The molecule has 0 aliphatic heterocycles. The van der Waals surface area contributed by atoms with Crippen molar-refractivity contribution in [2.45, 2.75) is 45.1 Å². The molecule has 0 spiro atoms. The minimum absolute atomic E-state index is 0.0833. The van der Waals surface area contributed by atoms with Crippen molar-refractivity contribution < 1.29 is 22.9 Å². The third-order valence-corrected chi connectivity index (χ3v) is 2.98. The van der Waals surface area contributed by atoms with Crippen molar-refractivity contribution in [3.63, 3.8) is 0 Å². The van der Waals surface area contributed by atoms with Crippen molar-refractivity contribution >= 4 is 13.1 Å². The van der Waals surface area contributed by atoms with Gasteiger partial charge in [-0.15, -0.1) is 0 Å². The second-order valence-electron chi connectivity index (χ2n) is 5.13. The summed E-state index contributed by atoms with van der Waals surface area (Å²) in [5.74, 6) is 0. The molecule has 4 nitrogen and oxygen atoms in total. The highest BCUT2D eigenvalue weighted by molar-refractivity contribution is 6.45. The fraction of sp³-hybridized carbons (Fsp3) is 0.700. The van der Waals surface area contributed by atoms with Crippen molar-refractivity contribution in [1.29, 1.82) is 0 Å². The molecular formula is C10H16BF3N2O2. The number of aromatic amines is 1. The summed E-state index contributed by atoms with van der Waals surface area (Å²) in [4.78, 5) is 0. The maximum absolute atomic E-state index is 12.3. The van der Waals surface area contributed by atoms with Crippen molar-refractivity contribution in [2.75, 3.05) is 0 Å². The van der Waals surface area contributed by atoms with Crippen LogP contribution in [0.2, 0.25) is 0 Å². The summed E-state index contributed by atoms with van der Waals surface area (Å²) in [5.41, 5.74) is -2.78. The minimum Gasteiger partial charge on any atom is -0.425 e. The lowest BCUT2D eigenvalue weighted by Crippen LogP contribution is -2.49. The average molecular weight is 264 g/mol. The third-order valence-electron chi connectivity index (χ3n) is 2.98. The van der Waals surface area contributed by atoms with E-state index < -0.39 is 23.1 Å². The zero-order valence-corrected chi connectivity index (χ0v) is 10.7. The molecule has 1 rings (SSSR count). The summed E-state index contributed by atoms with van der Waals surface area (Å²) in [5, 5.41) is 15.2. The highest BCUT2D eigenvalue weighted by Gasteiger charge is 2.37. The number of hydrogen-bond acceptors (Lipinski definition) is 3. The number of nitrogens with zero attached hydrogens (tertiary/aromatic N) is 1. The molecule has 0 bridgehead atoms. The van der Waals surface area contributed by atoms with Crippen LogP contribution >= 0.6 is 0 Å². The number of H-pyrrole nitrogens is 1. The first-order valence-electron chi connectivity index (χ1n) is 5.41. The lowest BCUT2D eigenvalue weighted by Gasteiger charge is -2.37. The minimum atomic E-state index is -4.47. The van der Waals surface area contributed by atoms with Gasteiger partial charge in [-0.2, -0.15) is 18.3 Å². The molecule has 0 amide bonds. The molecule has 1 heterocycles. The van der Waals surface area contributed by atoms with Gasteiger partial charge in [0.2, 0.25) is 0 Å². The zero-order valence-electron chi connectivity index (χ0n) is 10.7. The van der Waals surface area contributed by atoms with Crippen LogP contribution in [-0.4, -0.2) is 34.0 Å². The van der Waals surface area contributed by atoms with Gasteiger partial charge in [0.25, 0.3) is 0 Å². The van der Waals surface area contributed by atoms with Gasteiger partial charge in [0, 0.05) is 5.59 Å². The Bertz CT molecular complexity index is 410. The van der Waals surface area contributed by atoms with E-state index in [1.54, 1.807) is 27.7 Å². The van der Waals surface area contributed by atoms with E-state index in [2.05, 4.69) is 10.2 Å². The van der Waals surface area contributed by atoms with Crippen LogP contribution < -0.4 is 5.59 Å². The summed E-state index contributed by atoms with van der Waals surface area (Å²) in [7, 11) is -0.0833. The number of aliphatic hydroxyl groups is 1. The molecule has 0 radical (unpaired) electrons. The Balaban J connectivity index is 2.68. The second kappa shape index (κ2) is 4.58. The molecule has 0 saturated heterocycles. The second-order valence-corrected chi connectivity index (χ2v) is 5.13. The van der Waals surface area contributed by atoms with Crippen LogP contribution in [0.4, 0.5) is 13.2 Å². The molecule has 0 unspecified atom stereocenters. The predicted molar refractivity (Wildman–Crippen MR) is 61.8 cm³/mol. The van der Waals surface area contributed by atoms with Gasteiger partial charge in [-0.1, -0.05) is 0 Å². The molecule has 0 aliphatic rings.